The molecule has 0 saturated heterocycles. The molecule has 62 valence electrons. The fourth-order valence-corrected chi connectivity index (χ4v) is 1.15. The molecule has 5 heteroatoms. The van der Waals surface area contributed by atoms with Crippen molar-refractivity contribution in [3.8, 4) is 0 Å². The second kappa shape index (κ2) is 4.78. The molecule has 1 aromatic rings. The number of nitrogens with zero attached hydrogens (tertiary/aromatic N) is 1. The highest BCUT2D eigenvalue weighted by Crippen LogP contribution is 2.21. The van der Waals surface area contributed by atoms with Crippen molar-refractivity contribution in [2.45, 2.75) is 6.54 Å². The summed E-state index contributed by atoms with van der Waals surface area (Å²) in [5.41, 5.74) is 6.10. The fraction of sp³-hybridized carbons (Fsp3) is 0.167. The van der Waals surface area contributed by atoms with Gasteiger partial charge in [0.25, 0.3) is 0 Å². The Morgan fingerprint density at radius 3 is 2.00 bits per heavy atom. The van der Waals surface area contributed by atoms with Crippen molar-refractivity contribution < 1.29 is 0 Å². The summed E-state index contributed by atoms with van der Waals surface area (Å²) in [5.74, 6) is 0. The van der Waals surface area contributed by atoms with Crippen LogP contribution in [0.1, 0.15) is 5.56 Å². The normalized spacial score (nSPS) is 9.00. The molecule has 1 heterocycles. The van der Waals surface area contributed by atoms with E-state index in [0.717, 1.165) is 5.56 Å². The van der Waals surface area contributed by atoms with E-state index in [-0.39, 0.29) is 12.4 Å². The highest BCUT2D eigenvalue weighted by atomic mass is 35.5. The zero-order chi connectivity index (χ0) is 7.56. The summed E-state index contributed by atoms with van der Waals surface area (Å²) < 4.78 is 0. The lowest BCUT2D eigenvalue weighted by Gasteiger charge is -2.00. The van der Waals surface area contributed by atoms with E-state index in [4.69, 9.17) is 28.9 Å². The Hall–Kier alpha value is -0.0200. The molecule has 0 aliphatic heterocycles. The molecular formula is C6H7Cl3N2. The van der Waals surface area contributed by atoms with Gasteiger partial charge in [0.05, 0.1) is 10.0 Å². The molecule has 0 aliphatic carbocycles. The minimum atomic E-state index is 0. The quantitative estimate of drug-likeness (QED) is 0.777. The number of pyridine rings is 1. The Morgan fingerprint density at radius 1 is 1.27 bits per heavy atom. The van der Waals surface area contributed by atoms with Gasteiger partial charge in [0.2, 0.25) is 0 Å². The first-order valence-corrected chi connectivity index (χ1v) is 3.49. The van der Waals surface area contributed by atoms with Gasteiger partial charge in [-0.15, -0.1) is 12.4 Å². The number of rotatable bonds is 1. The Bertz CT molecular complexity index is 219. The van der Waals surface area contributed by atoms with Gasteiger partial charge in [0.15, 0.2) is 0 Å². The van der Waals surface area contributed by atoms with Crippen LogP contribution in [0.15, 0.2) is 12.4 Å². The van der Waals surface area contributed by atoms with Crippen LogP contribution in [0.25, 0.3) is 0 Å². The Morgan fingerprint density at radius 2 is 1.73 bits per heavy atom. The Kier molecular flexibility index (Phi) is 4.77. The van der Waals surface area contributed by atoms with Crippen LogP contribution >= 0.6 is 35.6 Å². The predicted molar refractivity (Wildman–Crippen MR) is 49.4 cm³/mol. The first-order valence-electron chi connectivity index (χ1n) is 2.73. The van der Waals surface area contributed by atoms with E-state index in [9.17, 15) is 0 Å². The molecule has 0 bridgehead atoms. The summed E-state index contributed by atoms with van der Waals surface area (Å²) in [5, 5.41) is 1.05. The van der Waals surface area contributed by atoms with Crippen molar-refractivity contribution in [1.29, 1.82) is 0 Å². The lowest BCUT2D eigenvalue weighted by molar-refractivity contribution is 1.06. The molecule has 0 amide bonds. The first kappa shape index (κ1) is 11.0. The molecule has 0 radical (unpaired) electrons. The first-order chi connectivity index (χ1) is 4.75. The summed E-state index contributed by atoms with van der Waals surface area (Å²) in [6.07, 6.45) is 3.05. The lowest BCUT2D eigenvalue weighted by atomic mass is 10.3. The van der Waals surface area contributed by atoms with Crippen LogP contribution in [-0.2, 0) is 6.54 Å². The zero-order valence-electron chi connectivity index (χ0n) is 5.55. The summed E-state index contributed by atoms with van der Waals surface area (Å²) in [7, 11) is 0. The molecule has 0 aliphatic rings. The molecule has 0 atom stereocenters. The van der Waals surface area contributed by atoms with Gasteiger partial charge in [-0.1, -0.05) is 23.2 Å². The number of nitrogens with two attached hydrogens (primary N) is 1. The highest BCUT2D eigenvalue weighted by Gasteiger charge is 2.01. The molecule has 2 N–H and O–H groups in total. The Labute approximate surface area is 81.1 Å². The third-order valence-electron chi connectivity index (χ3n) is 1.16. The van der Waals surface area contributed by atoms with E-state index >= 15 is 0 Å². The third kappa shape index (κ3) is 2.49. The molecule has 0 saturated carbocycles. The minimum absolute atomic E-state index is 0. The monoisotopic (exact) mass is 212 g/mol. The maximum Gasteiger partial charge on any atom is 0.0649 e. The average molecular weight is 213 g/mol. The van der Waals surface area contributed by atoms with Crippen molar-refractivity contribution in [1.82, 2.24) is 4.98 Å². The fourth-order valence-electron chi connectivity index (χ4n) is 0.633. The molecule has 0 spiro atoms. The summed E-state index contributed by atoms with van der Waals surface area (Å²) in [6, 6.07) is 0. The summed E-state index contributed by atoms with van der Waals surface area (Å²) in [6.45, 7) is 0.347. The van der Waals surface area contributed by atoms with Crippen LogP contribution in [0.2, 0.25) is 10.0 Å². The third-order valence-corrected chi connectivity index (χ3v) is 1.81. The molecular weight excluding hydrogens is 206 g/mol. The van der Waals surface area contributed by atoms with Crippen molar-refractivity contribution in [3.05, 3.63) is 28.0 Å². The van der Waals surface area contributed by atoms with Gasteiger partial charge in [-0.3, -0.25) is 4.98 Å². The van der Waals surface area contributed by atoms with Gasteiger partial charge < -0.3 is 5.73 Å². The molecule has 0 unspecified atom stereocenters. The number of hydrogen-bond acceptors (Lipinski definition) is 2. The van der Waals surface area contributed by atoms with Crippen LogP contribution in [0.4, 0.5) is 0 Å². The van der Waals surface area contributed by atoms with Gasteiger partial charge >= 0.3 is 0 Å². The van der Waals surface area contributed by atoms with Gasteiger partial charge in [-0.2, -0.15) is 0 Å². The van der Waals surface area contributed by atoms with Gasteiger partial charge in [0.1, 0.15) is 0 Å². The SMILES string of the molecule is Cl.NCc1c(Cl)cncc1Cl. The van der Waals surface area contributed by atoms with E-state index in [1.807, 2.05) is 0 Å². The van der Waals surface area contributed by atoms with Crippen LogP contribution in [0, 0.1) is 0 Å². The molecule has 1 rings (SSSR count). The van der Waals surface area contributed by atoms with E-state index < -0.39 is 0 Å². The predicted octanol–water partition coefficient (Wildman–Crippen LogP) is 2.27. The van der Waals surface area contributed by atoms with Crippen molar-refractivity contribution in [3.63, 3.8) is 0 Å². The van der Waals surface area contributed by atoms with Gasteiger partial charge in [0, 0.05) is 24.5 Å². The molecule has 0 aromatic carbocycles. The topological polar surface area (TPSA) is 38.9 Å². The molecule has 2 nitrogen and oxygen atoms in total. The maximum absolute atomic E-state index is 5.70. The van der Waals surface area contributed by atoms with E-state index in [1.165, 1.54) is 12.4 Å². The van der Waals surface area contributed by atoms with Gasteiger partial charge in [-0.25, -0.2) is 0 Å². The number of halogens is 3. The van der Waals surface area contributed by atoms with Crippen molar-refractivity contribution in [2.75, 3.05) is 0 Å². The summed E-state index contributed by atoms with van der Waals surface area (Å²) in [4.78, 5) is 3.77. The van der Waals surface area contributed by atoms with E-state index in [1.54, 1.807) is 0 Å². The second-order valence-electron chi connectivity index (χ2n) is 1.79. The van der Waals surface area contributed by atoms with Gasteiger partial charge in [-0.05, 0) is 0 Å². The van der Waals surface area contributed by atoms with Crippen LogP contribution in [0.5, 0.6) is 0 Å². The van der Waals surface area contributed by atoms with E-state index in [0.29, 0.717) is 16.6 Å². The Balaban J connectivity index is 0.000001000. The minimum Gasteiger partial charge on any atom is -0.326 e. The van der Waals surface area contributed by atoms with Crippen LogP contribution in [-0.4, -0.2) is 4.98 Å². The zero-order valence-corrected chi connectivity index (χ0v) is 7.88. The molecule has 0 fully saturated rings. The summed E-state index contributed by atoms with van der Waals surface area (Å²) >= 11 is 11.4. The average Bonchev–Trinajstić information content (AvgIpc) is 1.88. The molecule has 11 heavy (non-hydrogen) atoms. The number of hydrogen-bond donors (Lipinski definition) is 1. The standard InChI is InChI=1S/C6H6Cl2N2.ClH/c7-5-2-10-3-6(8)4(5)1-9;/h2-3H,1,9H2;1H. The largest absolute Gasteiger partial charge is 0.326 e. The lowest BCUT2D eigenvalue weighted by Crippen LogP contribution is -1.98. The van der Waals surface area contributed by atoms with Crippen LogP contribution in [0.3, 0.4) is 0 Å². The maximum atomic E-state index is 5.70. The second-order valence-corrected chi connectivity index (χ2v) is 2.60. The van der Waals surface area contributed by atoms with Crippen LogP contribution < -0.4 is 5.73 Å². The molecule has 1 aromatic heterocycles. The van der Waals surface area contributed by atoms with Crippen molar-refractivity contribution >= 4 is 35.6 Å². The number of aromatic nitrogens is 1. The van der Waals surface area contributed by atoms with Crippen molar-refractivity contribution in [2.24, 2.45) is 5.73 Å². The van der Waals surface area contributed by atoms with E-state index in [2.05, 4.69) is 4.98 Å². The highest BCUT2D eigenvalue weighted by molar-refractivity contribution is 6.35. The smallest absolute Gasteiger partial charge is 0.0649 e.